The predicted molar refractivity (Wildman–Crippen MR) is 69.9 cm³/mol. The summed E-state index contributed by atoms with van der Waals surface area (Å²) in [6.07, 6.45) is 0.617. The van der Waals surface area contributed by atoms with Crippen molar-refractivity contribution in [3.63, 3.8) is 0 Å². The molecule has 0 bridgehead atoms. The summed E-state index contributed by atoms with van der Waals surface area (Å²) < 4.78 is 15.8. The van der Waals surface area contributed by atoms with Gasteiger partial charge < -0.3 is 19.6 Å². The zero-order chi connectivity index (χ0) is 14.5. The molecule has 6 heteroatoms. The van der Waals surface area contributed by atoms with Crippen molar-refractivity contribution in [3.8, 4) is 11.5 Å². The zero-order valence-electron chi connectivity index (χ0n) is 10.8. The molecule has 2 rings (SSSR count). The fraction of sp³-hybridized carbons (Fsp3) is 0.143. The van der Waals surface area contributed by atoms with Crippen LogP contribution in [0.2, 0.25) is 0 Å². The van der Waals surface area contributed by atoms with Gasteiger partial charge in [-0.2, -0.15) is 0 Å². The van der Waals surface area contributed by atoms with Crippen molar-refractivity contribution < 1.29 is 23.5 Å². The smallest absolute Gasteiger partial charge is 0.248 e. The number of benzene rings is 1. The fourth-order valence-electron chi connectivity index (χ4n) is 1.62. The number of carbonyl (C=O) groups is 2. The van der Waals surface area contributed by atoms with Crippen LogP contribution in [0, 0.1) is 0 Å². The minimum Gasteiger partial charge on any atom is -0.493 e. The SMILES string of the molecule is COc1cc(C(N)=O)ccc1OCc1ccc(C=O)o1. The average Bonchev–Trinajstić information content (AvgIpc) is 2.92. The number of amides is 1. The molecule has 0 saturated heterocycles. The highest BCUT2D eigenvalue weighted by molar-refractivity contribution is 5.93. The third-order valence-corrected chi connectivity index (χ3v) is 2.62. The van der Waals surface area contributed by atoms with Crippen LogP contribution in [0.5, 0.6) is 11.5 Å². The molecule has 104 valence electrons. The van der Waals surface area contributed by atoms with Gasteiger partial charge in [0.2, 0.25) is 5.91 Å². The first-order valence-electron chi connectivity index (χ1n) is 5.78. The number of rotatable bonds is 6. The number of nitrogens with two attached hydrogens (primary N) is 1. The second kappa shape index (κ2) is 5.92. The highest BCUT2D eigenvalue weighted by atomic mass is 16.5. The monoisotopic (exact) mass is 275 g/mol. The molecule has 1 aromatic carbocycles. The van der Waals surface area contributed by atoms with Crippen LogP contribution in [-0.2, 0) is 6.61 Å². The molecule has 0 aliphatic rings. The topological polar surface area (TPSA) is 91.8 Å². The van der Waals surface area contributed by atoms with Gasteiger partial charge in [0.15, 0.2) is 23.5 Å². The van der Waals surface area contributed by atoms with E-state index in [0.29, 0.717) is 29.1 Å². The summed E-state index contributed by atoms with van der Waals surface area (Å²) in [6.45, 7) is 0.139. The van der Waals surface area contributed by atoms with E-state index >= 15 is 0 Å². The number of furan rings is 1. The van der Waals surface area contributed by atoms with Crippen molar-refractivity contribution in [2.75, 3.05) is 7.11 Å². The Labute approximate surface area is 115 Å². The quantitative estimate of drug-likeness (QED) is 0.811. The number of ether oxygens (including phenoxy) is 2. The number of methoxy groups -OCH3 is 1. The standard InChI is InChI=1S/C14H13NO5/c1-18-13-6-9(14(15)17)2-5-12(13)19-8-11-4-3-10(7-16)20-11/h2-7H,8H2,1H3,(H2,15,17). The van der Waals surface area contributed by atoms with E-state index in [-0.39, 0.29) is 12.4 Å². The molecule has 2 N–H and O–H groups in total. The van der Waals surface area contributed by atoms with Gasteiger partial charge in [-0.1, -0.05) is 0 Å². The van der Waals surface area contributed by atoms with Gasteiger partial charge in [-0.3, -0.25) is 9.59 Å². The van der Waals surface area contributed by atoms with E-state index in [2.05, 4.69) is 0 Å². The summed E-state index contributed by atoms with van der Waals surface area (Å²) in [5, 5.41) is 0. The molecular weight excluding hydrogens is 262 g/mol. The molecule has 1 aromatic heterocycles. The maximum Gasteiger partial charge on any atom is 0.248 e. The first kappa shape index (κ1) is 13.7. The Bertz CT molecular complexity index is 632. The second-order valence-electron chi connectivity index (χ2n) is 3.94. The van der Waals surface area contributed by atoms with Gasteiger partial charge in [0.1, 0.15) is 12.4 Å². The highest BCUT2D eigenvalue weighted by Gasteiger charge is 2.10. The normalized spacial score (nSPS) is 10.1. The molecule has 0 spiro atoms. The molecule has 1 heterocycles. The third-order valence-electron chi connectivity index (χ3n) is 2.62. The van der Waals surface area contributed by atoms with Crippen LogP contribution < -0.4 is 15.2 Å². The maximum absolute atomic E-state index is 11.1. The number of primary amides is 1. The Hall–Kier alpha value is -2.76. The van der Waals surface area contributed by atoms with Crippen molar-refractivity contribution in [1.29, 1.82) is 0 Å². The van der Waals surface area contributed by atoms with Crippen molar-refractivity contribution in [2.24, 2.45) is 5.73 Å². The predicted octanol–water partition coefficient (Wildman–Crippen LogP) is 1.78. The number of hydrogen-bond acceptors (Lipinski definition) is 5. The van der Waals surface area contributed by atoms with Gasteiger partial charge >= 0.3 is 0 Å². The van der Waals surface area contributed by atoms with Crippen molar-refractivity contribution in [1.82, 2.24) is 0 Å². The van der Waals surface area contributed by atoms with Crippen LogP contribution in [-0.4, -0.2) is 19.3 Å². The van der Waals surface area contributed by atoms with Crippen LogP contribution in [0.25, 0.3) is 0 Å². The second-order valence-corrected chi connectivity index (χ2v) is 3.94. The number of aldehydes is 1. The van der Waals surface area contributed by atoms with E-state index in [4.69, 9.17) is 19.6 Å². The first-order chi connectivity index (χ1) is 9.63. The van der Waals surface area contributed by atoms with Crippen LogP contribution in [0.3, 0.4) is 0 Å². The lowest BCUT2D eigenvalue weighted by Gasteiger charge is -2.10. The molecule has 0 aliphatic carbocycles. The fourth-order valence-corrected chi connectivity index (χ4v) is 1.62. The molecule has 1 amide bonds. The van der Waals surface area contributed by atoms with Gasteiger partial charge in [0, 0.05) is 5.56 Å². The Balaban J connectivity index is 2.12. The summed E-state index contributed by atoms with van der Waals surface area (Å²) >= 11 is 0. The average molecular weight is 275 g/mol. The highest BCUT2D eigenvalue weighted by Crippen LogP contribution is 2.28. The van der Waals surface area contributed by atoms with E-state index in [1.54, 1.807) is 24.3 Å². The summed E-state index contributed by atoms with van der Waals surface area (Å²) in [6, 6.07) is 7.82. The largest absolute Gasteiger partial charge is 0.493 e. The summed E-state index contributed by atoms with van der Waals surface area (Å²) in [7, 11) is 1.46. The van der Waals surface area contributed by atoms with Gasteiger partial charge in [-0.15, -0.1) is 0 Å². The van der Waals surface area contributed by atoms with E-state index in [0.717, 1.165) is 0 Å². The molecular formula is C14H13NO5. The molecule has 6 nitrogen and oxygen atoms in total. The first-order valence-corrected chi connectivity index (χ1v) is 5.78. The van der Waals surface area contributed by atoms with Gasteiger partial charge in [-0.05, 0) is 30.3 Å². The van der Waals surface area contributed by atoms with Gasteiger partial charge in [0.25, 0.3) is 0 Å². The van der Waals surface area contributed by atoms with Gasteiger partial charge in [-0.25, -0.2) is 0 Å². The molecule has 0 fully saturated rings. The molecule has 2 aromatic rings. The minimum atomic E-state index is -0.545. The van der Waals surface area contributed by atoms with Crippen LogP contribution in [0.1, 0.15) is 26.7 Å². The summed E-state index contributed by atoms with van der Waals surface area (Å²) in [4.78, 5) is 21.6. The Morgan fingerprint density at radius 3 is 2.70 bits per heavy atom. The Kier molecular flexibility index (Phi) is 4.05. The van der Waals surface area contributed by atoms with E-state index in [1.165, 1.54) is 13.2 Å². The molecule has 0 aliphatic heterocycles. The minimum absolute atomic E-state index is 0.139. The lowest BCUT2D eigenvalue weighted by molar-refractivity contribution is 0.0999. The van der Waals surface area contributed by atoms with Crippen LogP contribution in [0.4, 0.5) is 0 Å². The summed E-state index contributed by atoms with van der Waals surface area (Å²) in [5.41, 5.74) is 5.52. The zero-order valence-corrected chi connectivity index (χ0v) is 10.8. The lowest BCUT2D eigenvalue weighted by atomic mass is 10.2. The Morgan fingerprint density at radius 1 is 1.30 bits per heavy atom. The van der Waals surface area contributed by atoms with E-state index in [9.17, 15) is 9.59 Å². The molecule has 0 unspecified atom stereocenters. The van der Waals surface area contributed by atoms with Gasteiger partial charge in [0.05, 0.1) is 7.11 Å². The van der Waals surface area contributed by atoms with E-state index in [1.807, 2.05) is 0 Å². The molecule has 20 heavy (non-hydrogen) atoms. The maximum atomic E-state index is 11.1. The molecule has 0 atom stereocenters. The molecule has 0 saturated carbocycles. The number of carbonyl (C=O) groups excluding carboxylic acids is 2. The van der Waals surface area contributed by atoms with Crippen LogP contribution >= 0.6 is 0 Å². The number of hydrogen-bond donors (Lipinski definition) is 1. The van der Waals surface area contributed by atoms with Crippen molar-refractivity contribution >= 4 is 12.2 Å². The van der Waals surface area contributed by atoms with Crippen LogP contribution in [0.15, 0.2) is 34.7 Å². The van der Waals surface area contributed by atoms with Crippen molar-refractivity contribution in [3.05, 3.63) is 47.4 Å². The Morgan fingerprint density at radius 2 is 2.10 bits per heavy atom. The van der Waals surface area contributed by atoms with E-state index < -0.39 is 5.91 Å². The van der Waals surface area contributed by atoms with Crippen molar-refractivity contribution in [2.45, 2.75) is 6.61 Å². The lowest BCUT2D eigenvalue weighted by Crippen LogP contribution is -2.11. The summed E-state index contributed by atoms with van der Waals surface area (Å²) in [5.74, 6) is 1.04. The third kappa shape index (κ3) is 2.97. The molecule has 0 radical (unpaired) electrons.